The molecular formula is C15H20N4O4S2. The number of aliphatic carboxylic acids is 1. The summed E-state index contributed by atoms with van der Waals surface area (Å²) in [5.41, 5.74) is 0.859. The lowest BCUT2D eigenvalue weighted by Gasteiger charge is -2.13. The number of carboxylic acid groups (broad SMARTS) is 1. The Balaban J connectivity index is 1.85. The first-order chi connectivity index (χ1) is 11.8. The number of nitrogens with zero attached hydrogens (tertiary/aromatic N) is 2. The van der Waals surface area contributed by atoms with E-state index in [4.69, 9.17) is 5.11 Å². The molecule has 1 atom stereocenters. The van der Waals surface area contributed by atoms with Crippen LogP contribution in [0.15, 0.2) is 6.07 Å². The first kappa shape index (κ1) is 19.3. The van der Waals surface area contributed by atoms with Crippen molar-refractivity contribution < 1.29 is 19.5 Å². The van der Waals surface area contributed by atoms with E-state index < -0.39 is 12.0 Å². The molecule has 136 valence electrons. The van der Waals surface area contributed by atoms with Gasteiger partial charge in [-0.1, -0.05) is 0 Å². The molecule has 1 unspecified atom stereocenters. The maximum atomic E-state index is 12.3. The first-order valence-electron chi connectivity index (χ1n) is 7.61. The molecule has 0 fully saturated rings. The summed E-state index contributed by atoms with van der Waals surface area (Å²) in [6.07, 6.45) is 0. The summed E-state index contributed by atoms with van der Waals surface area (Å²) in [7, 11) is 1.83. The Hall–Kier alpha value is -2.07. The zero-order chi connectivity index (χ0) is 18.6. The van der Waals surface area contributed by atoms with Gasteiger partial charge < -0.3 is 15.7 Å². The molecule has 0 aliphatic carbocycles. The number of carbonyl (C=O) groups is 3. The van der Waals surface area contributed by atoms with Crippen molar-refractivity contribution in [2.24, 2.45) is 7.05 Å². The van der Waals surface area contributed by atoms with Gasteiger partial charge in [-0.3, -0.25) is 19.1 Å². The molecule has 0 aliphatic rings. The van der Waals surface area contributed by atoms with Crippen molar-refractivity contribution in [2.45, 2.75) is 19.9 Å². The van der Waals surface area contributed by atoms with Crippen LogP contribution in [0.4, 0.5) is 0 Å². The Morgan fingerprint density at radius 3 is 2.80 bits per heavy atom. The fourth-order valence-electron chi connectivity index (χ4n) is 2.21. The van der Waals surface area contributed by atoms with Gasteiger partial charge in [-0.15, -0.1) is 23.1 Å². The molecular weight excluding hydrogens is 364 g/mol. The van der Waals surface area contributed by atoms with Crippen LogP contribution in [-0.2, 0) is 16.6 Å². The molecule has 25 heavy (non-hydrogen) atoms. The molecule has 2 aromatic heterocycles. The van der Waals surface area contributed by atoms with Crippen molar-refractivity contribution in [1.29, 1.82) is 0 Å². The van der Waals surface area contributed by atoms with Gasteiger partial charge >= 0.3 is 5.97 Å². The normalized spacial score (nSPS) is 12.1. The summed E-state index contributed by atoms with van der Waals surface area (Å²) in [6, 6.07) is 1.10. The fraction of sp³-hybridized carbons (Fsp3) is 0.467. The number of hydrogen-bond acceptors (Lipinski definition) is 6. The van der Waals surface area contributed by atoms with Gasteiger partial charge in [-0.05, 0) is 19.9 Å². The minimum absolute atomic E-state index is 0.00235. The van der Waals surface area contributed by atoms with Crippen LogP contribution in [0.2, 0.25) is 0 Å². The molecule has 10 heteroatoms. The highest BCUT2D eigenvalue weighted by molar-refractivity contribution is 7.99. The number of aromatic nitrogens is 2. The van der Waals surface area contributed by atoms with E-state index in [2.05, 4.69) is 15.7 Å². The van der Waals surface area contributed by atoms with Crippen molar-refractivity contribution in [1.82, 2.24) is 20.4 Å². The van der Waals surface area contributed by atoms with Gasteiger partial charge in [-0.2, -0.15) is 5.10 Å². The zero-order valence-corrected chi connectivity index (χ0v) is 15.8. The second kappa shape index (κ2) is 8.34. The Kier molecular flexibility index (Phi) is 6.43. The number of amides is 2. The number of thiophene rings is 1. The van der Waals surface area contributed by atoms with Gasteiger partial charge in [0.15, 0.2) is 0 Å². The molecule has 2 rings (SSSR count). The molecule has 0 saturated heterocycles. The smallest absolute Gasteiger partial charge is 0.313 e. The number of fused-ring (bicyclic) bond motifs is 1. The maximum Gasteiger partial charge on any atom is 0.313 e. The lowest BCUT2D eigenvalue weighted by molar-refractivity contribution is -0.133. The van der Waals surface area contributed by atoms with Crippen LogP contribution in [0.3, 0.4) is 0 Å². The predicted molar refractivity (Wildman–Crippen MR) is 98.2 cm³/mol. The SMILES string of the molecule is Cc1nn(C)c2sc(C(=O)NC(C)C(=O)NCCSCC(=O)O)cc12. The number of rotatable bonds is 8. The monoisotopic (exact) mass is 384 g/mol. The van der Waals surface area contributed by atoms with E-state index in [1.54, 1.807) is 17.7 Å². The van der Waals surface area contributed by atoms with Crippen LogP contribution in [0, 0.1) is 6.92 Å². The van der Waals surface area contributed by atoms with E-state index in [1.807, 2.05) is 14.0 Å². The minimum atomic E-state index is -0.884. The number of carbonyl (C=O) groups excluding carboxylic acids is 2. The highest BCUT2D eigenvalue weighted by Crippen LogP contribution is 2.27. The molecule has 0 radical (unpaired) electrons. The average Bonchev–Trinajstić information content (AvgIpc) is 3.08. The summed E-state index contributed by atoms with van der Waals surface area (Å²) >= 11 is 2.56. The zero-order valence-electron chi connectivity index (χ0n) is 14.2. The summed E-state index contributed by atoms with van der Waals surface area (Å²) in [5, 5.41) is 19.1. The van der Waals surface area contributed by atoms with Crippen LogP contribution in [-0.4, -0.2) is 56.8 Å². The standard InChI is InChI=1S/C15H20N4O4S2/c1-8-10-6-11(25-15(10)19(3)18-8)14(23)17-9(2)13(22)16-4-5-24-7-12(20)21/h6,9H,4-5,7H2,1-3H3,(H,16,22)(H,17,23)(H,20,21). The third-order valence-electron chi connectivity index (χ3n) is 3.43. The average molecular weight is 384 g/mol. The summed E-state index contributed by atoms with van der Waals surface area (Å²) in [5.74, 6) is -0.985. The molecule has 8 nitrogen and oxygen atoms in total. The molecule has 2 heterocycles. The third kappa shape index (κ3) is 4.95. The van der Waals surface area contributed by atoms with E-state index >= 15 is 0 Å². The summed E-state index contributed by atoms with van der Waals surface area (Å²) in [4.78, 5) is 36.1. The van der Waals surface area contributed by atoms with Crippen LogP contribution < -0.4 is 10.6 Å². The molecule has 2 amide bonds. The minimum Gasteiger partial charge on any atom is -0.481 e. The van der Waals surface area contributed by atoms with Gasteiger partial charge in [0.25, 0.3) is 5.91 Å². The molecule has 0 aromatic carbocycles. The number of aryl methyl sites for hydroxylation is 2. The van der Waals surface area contributed by atoms with Crippen molar-refractivity contribution in [2.75, 3.05) is 18.1 Å². The van der Waals surface area contributed by atoms with Crippen LogP contribution in [0.5, 0.6) is 0 Å². The third-order valence-corrected chi connectivity index (χ3v) is 5.58. The topological polar surface area (TPSA) is 113 Å². The van der Waals surface area contributed by atoms with Crippen molar-refractivity contribution in [3.05, 3.63) is 16.6 Å². The Morgan fingerprint density at radius 1 is 1.44 bits per heavy atom. The predicted octanol–water partition coefficient (Wildman–Crippen LogP) is 0.996. The summed E-state index contributed by atoms with van der Waals surface area (Å²) < 4.78 is 1.73. The molecule has 0 bridgehead atoms. The van der Waals surface area contributed by atoms with Crippen molar-refractivity contribution in [3.8, 4) is 0 Å². The molecule has 0 saturated carbocycles. The first-order valence-corrected chi connectivity index (χ1v) is 9.58. The van der Waals surface area contributed by atoms with Crippen LogP contribution in [0.25, 0.3) is 10.2 Å². The lowest BCUT2D eigenvalue weighted by Crippen LogP contribution is -2.45. The van der Waals surface area contributed by atoms with E-state index in [9.17, 15) is 14.4 Å². The Bertz CT molecular complexity index is 764. The van der Waals surface area contributed by atoms with E-state index in [1.165, 1.54) is 23.1 Å². The van der Waals surface area contributed by atoms with E-state index in [0.29, 0.717) is 17.2 Å². The second-order valence-corrected chi connectivity index (χ2v) is 7.61. The quantitative estimate of drug-likeness (QED) is 0.585. The van der Waals surface area contributed by atoms with E-state index in [-0.39, 0.29) is 17.6 Å². The Labute approximate surface area is 153 Å². The number of carboxylic acids is 1. The highest BCUT2D eigenvalue weighted by Gasteiger charge is 2.19. The number of nitrogens with one attached hydrogen (secondary N) is 2. The molecule has 3 N–H and O–H groups in total. The van der Waals surface area contributed by atoms with Gasteiger partial charge in [0, 0.05) is 24.7 Å². The number of thioether (sulfide) groups is 1. The van der Waals surface area contributed by atoms with Gasteiger partial charge in [-0.25, -0.2) is 0 Å². The highest BCUT2D eigenvalue weighted by atomic mass is 32.2. The molecule has 2 aromatic rings. The molecule has 0 spiro atoms. The maximum absolute atomic E-state index is 12.3. The van der Waals surface area contributed by atoms with Gasteiger partial charge in [0.05, 0.1) is 16.3 Å². The van der Waals surface area contributed by atoms with Crippen LogP contribution in [0.1, 0.15) is 22.3 Å². The fourth-order valence-corrected chi connectivity index (χ4v) is 3.80. The van der Waals surface area contributed by atoms with Crippen LogP contribution >= 0.6 is 23.1 Å². The van der Waals surface area contributed by atoms with Gasteiger partial charge in [0.1, 0.15) is 10.9 Å². The van der Waals surface area contributed by atoms with Gasteiger partial charge in [0.2, 0.25) is 5.91 Å². The largest absolute Gasteiger partial charge is 0.481 e. The lowest BCUT2D eigenvalue weighted by atomic mass is 10.2. The molecule has 0 aliphatic heterocycles. The van der Waals surface area contributed by atoms with Crippen molar-refractivity contribution in [3.63, 3.8) is 0 Å². The second-order valence-electron chi connectivity index (χ2n) is 5.47. The van der Waals surface area contributed by atoms with Crippen molar-refractivity contribution >= 4 is 51.1 Å². The van der Waals surface area contributed by atoms with E-state index in [0.717, 1.165) is 15.9 Å². The summed E-state index contributed by atoms with van der Waals surface area (Å²) in [6.45, 7) is 3.84. The Morgan fingerprint density at radius 2 is 2.16 bits per heavy atom. The number of hydrogen-bond donors (Lipinski definition) is 3.